The molecule has 25 heavy (non-hydrogen) atoms. The minimum Gasteiger partial charge on any atom is -0.440 e. The summed E-state index contributed by atoms with van der Waals surface area (Å²) in [5.74, 6) is 1.71. The highest BCUT2D eigenvalue weighted by molar-refractivity contribution is 7.98. The van der Waals surface area contributed by atoms with Crippen molar-refractivity contribution < 1.29 is 8.81 Å². The summed E-state index contributed by atoms with van der Waals surface area (Å²) in [5.41, 5.74) is 2.74. The molecule has 0 unspecified atom stereocenters. The van der Waals surface area contributed by atoms with Crippen molar-refractivity contribution >= 4 is 11.8 Å². The van der Waals surface area contributed by atoms with E-state index < -0.39 is 0 Å². The maximum atomic E-state index is 13.0. The van der Waals surface area contributed by atoms with Gasteiger partial charge in [-0.05, 0) is 29.8 Å². The summed E-state index contributed by atoms with van der Waals surface area (Å²) in [6.45, 7) is 0. The topological polar surface area (TPSA) is 54.7 Å². The molecule has 4 nitrogen and oxygen atoms in total. The van der Waals surface area contributed by atoms with E-state index in [4.69, 9.17) is 4.42 Å². The fraction of sp³-hybridized carbons (Fsp3) is 0.0526. The average Bonchev–Trinajstić information content (AvgIpc) is 3.31. The van der Waals surface area contributed by atoms with Crippen LogP contribution in [0.1, 0.15) is 5.89 Å². The van der Waals surface area contributed by atoms with Crippen molar-refractivity contribution in [1.29, 1.82) is 0 Å². The Labute approximate surface area is 148 Å². The Morgan fingerprint density at radius 3 is 2.52 bits per heavy atom. The summed E-state index contributed by atoms with van der Waals surface area (Å²) in [6.07, 6.45) is 3.47. The number of benzene rings is 2. The fourth-order valence-electron chi connectivity index (χ4n) is 2.40. The number of aromatic amines is 1. The molecule has 0 bridgehead atoms. The van der Waals surface area contributed by atoms with Gasteiger partial charge in [-0.2, -0.15) is 0 Å². The van der Waals surface area contributed by atoms with Gasteiger partial charge in [-0.15, -0.1) is 0 Å². The predicted molar refractivity (Wildman–Crippen MR) is 95.5 cm³/mol. The lowest BCUT2D eigenvalue weighted by atomic mass is 10.2. The third kappa shape index (κ3) is 3.64. The SMILES string of the molecule is Fc1ccc(-c2cnc(SCc3ncc(-c4ccccc4)o3)[nH]2)cc1. The summed E-state index contributed by atoms with van der Waals surface area (Å²) in [7, 11) is 0. The average molecular weight is 351 g/mol. The molecule has 0 aliphatic carbocycles. The molecule has 4 rings (SSSR count). The van der Waals surface area contributed by atoms with E-state index in [0.29, 0.717) is 11.6 Å². The zero-order chi connectivity index (χ0) is 17.1. The number of nitrogens with one attached hydrogen (secondary N) is 1. The number of imidazole rings is 1. The lowest BCUT2D eigenvalue weighted by molar-refractivity contribution is 0.530. The smallest absolute Gasteiger partial charge is 0.205 e. The molecule has 1 N–H and O–H groups in total. The first-order valence-corrected chi connectivity index (χ1v) is 8.70. The molecular formula is C19H14FN3OS. The molecule has 2 aromatic heterocycles. The van der Waals surface area contributed by atoms with E-state index in [-0.39, 0.29) is 5.82 Å². The van der Waals surface area contributed by atoms with Gasteiger partial charge in [0, 0.05) is 5.56 Å². The maximum Gasteiger partial charge on any atom is 0.205 e. The minimum absolute atomic E-state index is 0.254. The minimum atomic E-state index is -0.254. The Morgan fingerprint density at radius 2 is 1.72 bits per heavy atom. The van der Waals surface area contributed by atoms with Crippen LogP contribution >= 0.6 is 11.8 Å². The zero-order valence-corrected chi connectivity index (χ0v) is 14.0. The molecule has 0 saturated heterocycles. The van der Waals surface area contributed by atoms with Gasteiger partial charge in [0.15, 0.2) is 10.9 Å². The van der Waals surface area contributed by atoms with Crippen molar-refractivity contribution in [1.82, 2.24) is 15.0 Å². The summed E-state index contributed by atoms with van der Waals surface area (Å²) in [5, 5.41) is 0.763. The summed E-state index contributed by atoms with van der Waals surface area (Å²) in [6, 6.07) is 16.2. The highest BCUT2D eigenvalue weighted by atomic mass is 32.2. The lowest BCUT2D eigenvalue weighted by Crippen LogP contribution is -1.82. The van der Waals surface area contributed by atoms with E-state index in [0.717, 1.165) is 27.7 Å². The summed E-state index contributed by atoms with van der Waals surface area (Å²) < 4.78 is 18.8. The third-order valence-electron chi connectivity index (χ3n) is 3.65. The first kappa shape index (κ1) is 15.7. The van der Waals surface area contributed by atoms with Crippen LogP contribution in [0.5, 0.6) is 0 Å². The molecule has 0 fully saturated rings. The van der Waals surface area contributed by atoms with Gasteiger partial charge in [0.1, 0.15) is 5.82 Å². The van der Waals surface area contributed by atoms with Crippen LogP contribution in [-0.2, 0) is 5.75 Å². The van der Waals surface area contributed by atoms with Crippen LogP contribution in [-0.4, -0.2) is 15.0 Å². The highest BCUT2D eigenvalue weighted by Crippen LogP contribution is 2.26. The number of thioether (sulfide) groups is 1. The van der Waals surface area contributed by atoms with Crippen molar-refractivity contribution in [3.63, 3.8) is 0 Å². The third-order valence-corrected chi connectivity index (χ3v) is 4.52. The Bertz CT molecular complexity index is 964. The van der Waals surface area contributed by atoms with Gasteiger partial charge in [-0.1, -0.05) is 42.1 Å². The van der Waals surface area contributed by atoms with Crippen molar-refractivity contribution in [2.24, 2.45) is 0 Å². The van der Waals surface area contributed by atoms with Crippen molar-refractivity contribution in [2.75, 3.05) is 0 Å². The number of oxazole rings is 1. The van der Waals surface area contributed by atoms with E-state index in [9.17, 15) is 4.39 Å². The molecule has 0 amide bonds. The molecular weight excluding hydrogens is 337 g/mol. The Morgan fingerprint density at radius 1 is 0.920 bits per heavy atom. The van der Waals surface area contributed by atoms with Gasteiger partial charge in [0.05, 0.1) is 23.8 Å². The van der Waals surface area contributed by atoms with Crippen LogP contribution in [0, 0.1) is 5.82 Å². The number of aromatic nitrogens is 3. The molecule has 0 aliphatic rings. The number of hydrogen-bond donors (Lipinski definition) is 1. The van der Waals surface area contributed by atoms with Gasteiger partial charge < -0.3 is 9.40 Å². The predicted octanol–water partition coefficient (Wildman–Crippen LogP) is 5.16. The molecule has 2 aromatic carbocycles. The van der Waals surface area contributed by atoms with Gasteiger partial charge >= 0.3 is 0 Å². The number of H-pyrrole nitrogens is 1. The quantitative estimate of drug-likeness (QED) is 0.504. The Hall–Kier alpha value is -2.86. The molecule has 0 saturated carbocycles. The molecule has 0 atom stereocenters. The van der Waals surface area contributed by atoms with Gasteiger partial charge in [-0.25, -0.2) is 14.4 Å². The number of halogens is 1. The van der Waals surface area contributed by atoms with Crippen molar-refractivity contribution in [3.8, 4) is 22.6 Å². The lowest BCUT2D eigenvalue weighted by Gasteiger charge is -1.97. The van der Waals surface area contributed by atoms with Gasteiger partial charge in [0.2, 0.25) is 5.89 Å². The molecule has 124 valence electrons. The van der Waals surface area contributed by atoms with Crippen LogP contribution in [0.4, 0.5) is 4.39 Å². The number of nitrogens with zero attached hydrogens (tertiary/aromatic N) is 2. The molecule has 6 heteroatoms. The van der Waals surface area contributed by atoms with Crippen LogP contribution in [0.2, 0.25) is 0 Å². The van der Waals surface area contributed by atoms with E-state index in [1.807, 2.05) is 30.3 Å². The largest absolute Gasteiger partial charge is 0.440 e. The van der Waals surface area contributed by atoms with Gasteiger partial charge in [-0.3, -0.25) is 0 Å². The maximum absolute atomic E-state index is 13.0. The highest BCUT2D eigenvalue weighted by Gasteiger charge is 2.09. The normalized spacial score (nSPS) is 10.9. The fourth-order valence-corrected chi connectivity index (χ4v) is 3.10. The van der Waals surface area contributed by atoms with E-state index >= 15 is 0 Å². The van der Waals surface area contributed by atoms with Crippen LogP contribution in [0.3, 0.4) is 0 Å². The summed E-state index contributed by atoms with van der Waals surface area (Å²) >= 11 is 1.50. The molecule has 0 aliphatic heterocycles. The number of rotatable bonds is 5. The van der Waals surface area contributed by atoms with E-state index in [1.165, 1.54) is 23.9 Å². The van der Waals surface area contributed by atoms with Gasteiger partial charge in [0.25, 0.3) is 0 Å². The number of hydrogen-bond acceptors (Lipinski definition) is 4. The monoisotopic (exact) mass is 351 g/mol. The van der Waals surface area contributed by atoms with Crippen LogP contribution in [0.25, 0.3) is 22.6 Å². The Kier molecular flexibility index (Phi) is 4.35. The molecule has 4 aromatic rings. The second kappa shape index (κ2) is 6.94. The first-order chi connectivity index (χ1) is 12.3. The standard InChI is InChI=1S/C19H14FN3OS/c20-15-8-6-13(7-9-15)16-10-22-19(23-16)25-12-18-21-11-17(24-18)14-4-2-1-3-5-14/h1-11H,12H2,(H,22,23). The second-order valence-corrected chi connectivity index (χ2v) is 6.35. The molecule has 0 spiro atoms. The van der Waals surface area contributed by atoms with Crippen molar-refractivity contribution in [2.45, 2.75) is 10.9 Å². The van der Waals surface area contributed by atoms with E-state index in [2.05, 4.69) is 15.0 Å². The zero-order valence-electron chi connectivity index (χ0n) is 13.1. The Balaban J connectivity index is 1.42. The second-order valence-electron chi connectivity index (χ2n) is 5.38. The molecule has 2 heterocycles. The molecule has 0 radical (unpaired) electrons. The van der Waals surface area contributed by atoms with E-state index in [1.54, 1.807) is 24.5 Å². The first-order valence-electron chi connectivity index (χ1n) is 7.72. The summed E-state index contributed by atoms with van der Waals surface area (Å²) in [4.78, 5) is 11.9. The van der Waals surface area contributed by atoms with Crippen molar-refractivity contribution in [3.05, 3.63) is 78.7 Å². The van der Waals surface area contributed by atoms with Crippen LogP contribution in [0.15, 0.2) is 76.6 Å². The van der Waals surface area contributed by atoms with Crippen LogP contribution < -0.4 is 0 Å².